The molecule has 0 fully saturated rings. The van der Waals surface area contributed by atoms with Crippen LogP contribution in [0.25, 0.3) is 0 Å². The smallest absolute Gasteiger partial charge is 0.313 e. The average molecular weight is 168 g/mol. The summed E-state index contributed by atoms with van der Waals surface area (Å²) in [5.74, 6) is 0.401. The highest BCUT2D eigenvalue weighted by Gasteiger charge is 2.09. The second-order valence-corrected chi connectivity index (χ2v) is 2.80. The van der Waals surface area contributed by atoms with Crippen LogP contribution in [0.15, 0.2) is 24.5 Å². The highest BCUT2D eigenvalue weighted by atomic mass is 16.5. The third kappa shape index (κ3) is 3.96. The average Bonchev–Trinajstić information content (AvgIpc) is 2.03. The molecule has 0 heterocycles. The first-order chi connectivity index (χ1) is 5.61. The third-order valence-electron chi connectivity index (χ3n) is 1.36. The van der Waals surface area contributed by atoms with Crippen LogP contribution in [0.3, 0.4) is 0 Å². The van der Waals surface area contributed by atoms with Crippen molar-refractivity contribution in [3.8, 4) is 0 Å². The Bertz CT molecular complexity index is 190. The van der Waals surface area contributed by atoms with Gasteiger partial charge in [-0.3, -0.25) is 4.79 Å². The zero-order valence-corrected chi connectivity index (χ0v) is 7.96. The first-order valence-electron chi connectivity index (χ1n) is 4.15. The number of hydrogen-bond donors (Lipinski definition) is 0. The number of esters is 1. The molecule has 0 rings (SSSR count). The summed E-state index contributed by atoms with van der Waals surface area (Å²) in [6, 6.07) is 0. The van der Waals surface area contributed by atoms with Gasteiger partial charge in [0.1, 0.15) is 5.76 Å². The van der Waals surface area contributed by atoms with E-state index in [1.165, 1.54) is 0 Å². The molecule has 0 saturated carbocycles. The molecule has 0 bridgehead atoms. The minimum atomic E-state index is -0.190. The normalized spacial score (nSPS) is 11.5. The summed E-state index contributed by atoms with van der Waals surface area (Å²) in [6.45, 7) is 9.08. The van der Waals surface area contributed by atoms with Gasteiger partial charge in [0, 0.05) is 6.42 Å². The molecule has 0 spiro atoms. The fourth-order valence-corrected chi connectivity index (χ4v) is 0.603. The van der Waals surface area contributed by atoms with Crippen molar-refractivity contribution in [2.45, 2.75) is 27.2 Å². The van der Waals surface area contributed by atoms with Crippen LogP contribution >= 0.6 is 0 Å². The quantitative estimate of drug-likeness (QED) is 0.366. The highest BCUT2D eigenvalue weighted by Crippen LogP contribution is 2.07. The summed E-state index contributed by atoms with van der Waals surface area (Å²) in [5.41, 5.74) is 0. The molecular weight excluding hydrogens is 152 g/mol. The van der Waals surface area contributed by atoms with Crippen LogP contribution in [-0.4, -0.2) is 5.97 Å². The minimum Gasteiger partial charge on any atom is -0.431 e. The summed E-state index contributed by atoms with van der Waals surface area (Å²) in [4.78, 5) is 11.1. The van der Waals surface area contributed by atoms with Gasteiger partial charge < -0.3 is 4.74 Å². The zero-order valence-electron chi connectivity index (χ0n) is 7.96. The lowest BCUT2D eigenvalue weighted by atomic mass is 10.2. The Labute approximate surface area is 73.9 Å². The fourth-order valence-electron chi connectivity index (χ4n) is 0.603. The monoisotopic (exact) mass is 168 g/mol. The van der Waals surface area contributed by atoms with Crippen LogP contribution in [0.5, 0.6) is 0 Å². The molecule has 0 aliphatic rings. The first kappa shape index (κ1) is 11.0. The zero-order chi connectivity index (χ0) is 9.56. The summed E-state index contributed by atoms with van der Waals surface area (Å²) in [7, 11) is 0. The van der Waals surface area contributed by atoms with E-state index in [1.807, 2.05) is 20.8 Å². The highest BCUT2D eigenvalue weighted by molar-refractivity contribution is 5.72. The molecular formula is C10H16O2. The number of rotatable bonds is 4. The van der Waals surface area contributed by atoms with Gasteiger partial charge in [0.2, 0.25) is 0 Å². The van der Waals surface area contributed by atoms with Crippen LogP contribution in [0, 0.1) is 5.92 Å². The van der Waals surface area contributed by atoms with E-state index in [2.05, 4.69) is 6.58 Å². The Morgan fingerprint density at radius 2 is 2.17 bits per heavy atom. The van der Waals surface area contributed by atoms with E-state index < -0.39 is 0 Å². The number of carbonyl (C=O) groups excluding carboxylic acids is 1. The Morgan fingerprint density at radius 1 is 1.58 bits per heavy atom. The Hall–Kier alpha value is -1.05. The molecule has 2 nitrogen and oxygen atoms in total. The topological polar surface area (TPSA) is 26.3 Å². The molecule has 0 unspecified atom stereocenters. The van der Waals surface area contributed by atoms with Crippen molar-refractivity contribution in [1.82, 2.24) is 0 Å². The lowest BCUT2D eigenvalue weighted by Crippen LogP contribution is -2.10. The molecule has 0 aromatic carbocycles. The predicted molar refractivity (Wildman–Crippen MR) is 49.5 cm³/mol. The number of hydrogen-bond acceptors (Lipinski definition) is 2. The SMILES string of the molecule is C=C/C=C(/CC)OC(=O)C(C)C. The van der Waals surface area contributed by atoms with Crippen LogP contribution in [0.2, 0.25) is 0 Å². The Morgan fingerprint density at radius 3 is 2.50 bits per heavy atom. The predicted octanol–water partition coefficient (Wildman–Crippen LogP) is 2.67. The maximum atomic E-state index is 11.1. The molecule has 0 N–H and O–H groups in total. The van der Waals surface area contributed by atoms with E-state index in [0.29, 0.717) is 12.2 Å². The van der Waals surface area contributed by atoms with E-state index in [0.717, 1.165) is 0 Å². The van der Waals surface area contributed by atoms with E-state index in [4.69, 9.17) is 4.74 Å². The van der Waals surface area contributed by atoms with Gasteiger partial charge in [-0.2, -0.15) is 0 Å². The van der Waals surface area contributed by atoms with Crippen molar-refractivity contribution >= 4 is 5.97 Å². The summed E-state index contributed by atoms with van der Waals surface area (Å²) in [6.07, 6.45) is 4.04. The lowest BCUT2D eigenvalue weighted by molar-refractivity contribution is -0.143. The lowest BCUT2D eigenvalue weighted by Gasteiger charge is -2.07. The molecule has 68 valence electrons. The van der Waals surface area contributed by atoms with Crippen molar-refractivity contribution in [2.75, 3.05) is 0 Å². The van der Waals surface area contributed by atoms with Crippen molar-refractivity contribution in [2.24, 2.45) is 5.92 Å². The summed E-state index contributed by atoms with van der Waals surface area (Å²) < 4.78 is 5.05. The van der Waals surface area contributed by atoms with Gasteiger partial charge >= 0.3 is 5.97 Å². The molecule has 0 aromatic heterocycles. The van der Waals surface area contributed by atoms with Crippen molar-refractivity contribution in [3.05, 3.63) is 24.5 Å². The largest absolute Gasteiger partial charge is 0.431 e. The molecule has 0 amide bonds. The van der Waals surface area contributed by atoms with Crippen LogP contribution in [0.1, 0.15) is 27.2 Å². The van der Waals surface area contributed by atoms with E-state index in [1.54, 1.807) is 12.2 Å². The number of allylic oxidation sites excluding steroid dienone is 3. The maximum Gasteiger partial charge on any atom is 0.313 e. The van der Waals surface area contributed by atoms with Crippen LogP contribution < -0.4 is 0 Å². The van der Waals surface area contributed by atoms with Crippen LogP contribution in [-0.2, 0) is 9.53 Å². The van der Waals surface area contributed by atoms with Crippen molar-refractivity contribution in [3.63, 3.8) is 0 Å². The van der Waals surface area contributed by atoms with Crippen LogP contribution in [0.4, 0.5) is 0 Å². The van der Waals surface area contributed by atoms with E-state index >= 15 is 0 Å². The van der Waals surface area contributed by atoms with E-state index in [-0.39, 0.29) is 11.9 Å². The Kier molecular flexibility index (Phi) is 5.09. The van der Waals surface area contributed by atoms with Crippen molar-refractivity contribution in [1.29, 1.82) is 0 Å². The summed E-state index contributed by atoms with van der Waals surface area (Å²) in [5, 5.41) is 0. The standard InChI is InChI=1S/C10H16O2/c1-5-7-9(6-2)12-10(11)8(3)4/h5,7-8H,1,6H2,2-4H3/b9-7-. The van der Waals surface area contributed by atoms with Crippen molar-refractivity contribution < 1.29 is 9.53 Å². The van der Waals surface area contributed by atoms with Gasteiger partial charge in [-0.1, -0.05) is 33.4 Å². The maximum absolute atomic E-state index is 11.1. The van der Waals surface area contributed by atoms with Gasteiger partial charge in [0.15, 0.2) is 0 Å². The van der Waals surface area contributed by atoms with Gasteiger partial charge in [-0.25, -0.2) is 0 Å². The number of ether oxygens (including phenoxy) is 1. The molecule has 0 saturated heterocycles. The molecule has 0 aliphatic heterocycles. The molecule has 0 aliphatic carbocycles. The van der Waals surface area contributed by atoms with E-state index in [9.17, 15) is 4.79 Å². The fraction of sp³-hybridized carbons (Fsp3) is 0.500. The number of carbonyl (C=O) groups is 1. The second-order valence-electron chi connectivity index (χ2n) is 2.80. The first-order valence-corrected chi connectivity index (χ1v) is 4.15. The Balaban J connectivity index is 4.12. The third-order valence-corrected chi connectivity index (χ3v) is 1.36. The molecule has 0 aromatic rings. The van der Waals surface area contributed by atoms with Gasteiger partial charge in [-0.05, 0) is 6.08 Å². The van der Waals surface area contributed by atoms with Gasteiger partial charge in [0.05, 0.1) is 5.92 Å². The summed E-state index contributed by atoms with van der Waals surface area (Å²) >= 11 is 0. The minimum absolute atomic E-state index is 0.0789. The molecule has 0 atom stereocenters. The molecule has 0 radical (unpaired) electrons. The molecule has 2 heteroatoms. The second kappa shape index (κ2) is 5.58. The van der Waals surface area contributed by atoms with Gasteiger partial charge in [-0.15, -0.1) is 0 Å². The van der Waals surface area contributed by atoms with Gasteiger partial charge in [0.25, 0.3) is 0 Å². The molecule has 12 heavy (non-hydrogen) atoms.